The number of amides is 1. The number of hydrogen-bond donors (Lipinski definition) is 1. The molecule has 0 radical (unpaired) electrons. The third kappa shape index (κ3) is 4.11. The summed E-state index contributed by atoms with van der Waals surface area (Å²) in [7, 11) is 0. The molecule has 0 bridgehead atoms. The molecule has 0 fully saturated rings. The largest absolute Gasteiger partial charge is 0.480 e. The average Bonchev–Trinajstić information content (AvgIpc) is 2.99. The zero-order chi connectivity index (χ0) is 22.2. The van der Waals surface area contributed by atoms with Crippen molar-refractivity contribution in [1.29, 1.82) is 0 Å². The van der Waals surface area contributed by atoms with Crippen LogP contribution in [0.4, 0.5) is 22.0 Å². The first-order valence-electron chi connectivity index (χ1n) is 8.52. The molecule has 0 saturated heterocycles. The number of aliphatic carboxylic acids is 1. The number of nitrogens with zero attached hydrogens (tertiary/aromatic N) is 2. The van der Waals surface area contributed by atoms with Crippen molar-refractivity contribution in [3.63, 3.8) is 0 Å². The number of fused-ring (bicyclic) bond motifs is 1. The van der Waals surface area contributed by atoms with Gasteiger partial charge >= 0.3 is 12.1 Å². The molecule has 0 unspecified atom stereocenters. The summed E-state index contributed by atoms with van der Waals surface area (Å²) in [4.78, 5) is 27.7. The smallest absolute Gasteiger partial charge is 0.416 e. The van der Waals surface area contributed by atoms with E-state index in [-0.39, 0.29) is 27.0 Å². The first-order valence-corrected chi connectivity index (χ1v) is 9.33. The van der Waals surface area contributed by atoms with Gasteiger partial charge in [-0.1, -0.05) is 24.3 Å². The van der Waals surface area contributed by atoms with Crippen LogP contribution in [0.2, 0.25) is 0 Å². The number of carbonyl (C=O) groups is 2. The molecular formula is C19H13F5N2O3S. The van der Waals surface area contributed by atoms with Gasteiger partial charge in [0.15, 0.2) is 16.4 Å². The van der Waals surface area contributed by atoms with E-state index < -0.39 is 41.3 Å². The van der Waals surface area contributed by atoms with Crippen LogP contribution < -0.4 is 4.80 Å². The van der Waals surface area contributed by atoms with E-state index in [1.165, 1.54) is 6.92 Å². The molecule has 0 spiro atoms. The molecule has 0 aliphatic carbocycles. The molecule has 1 aromatic heterocycles. The topological polar surface area (TPSA) is 71.7 Å². The molecule has 0 aliphatic rings. The highest BCUT2D eigenvalue weighted by molar-refractivity contribution is 7.16. The maximum Gasteiger partial charge on any atom is 0.416 e. The van der Waals surface area contributed by atoms with Gasteiger partial charge in [0.05, 0.1) is 15.8 Å². The maximum absolute atomic E-state index is 13.8. The number of halogens is 5. The molecule has 3 aromatic rings. The van der Waals surface area contributed by atoms with Crippen LogP contribution in [0.15, 0.2) is 41.4 Å². The van der Waals surface area contributed by atoms with Gasteiger partial charge in [-0.05, 0) is 30.7 Å². The number of carboxylic acid groups (broad SMARTS) is 1. The van der Waals surface area contributed by atoms with Gasteiger partial charge in [-0.25, -0.2) is 13.6 Å². The Labute approximate surface area is 169 Å². The van der Waals surface area contributed by atoms with Gasteiger partial charge in [0.1, 0.15) is 6.04 Å². The van der Waals surface area contributed by atoms with Crippen LogP contribution in [0.1, 0.15) is 35.3 Å². The fourth-order valence-electron chi connectivity index (χ4n) is 2.86. The highest BCUT2D eigenvalue weighted by atomic mass is 32.1. The SMILES string of the molecule is CC[C@H](C(=O)O)n1c(=NC(=O)c2cccc(C(F)(F)F)c2)sc2cc(F)c(F)cc21. The van der Waals surface area contributed by atoms with E-state index in [9.17, 15) is 36.6 Å². The third-order valence-corrected chi connectivity index (χ3v) is 5.30. The molecule has 3 rings (SSSR count). The van der Waals surface area contributed by atoms with Crippen molar-refractivity contribution in [3.05, 3.63) is 64.0 Å². The molecule has 158 valence electrons. The lowest BCUT2D eigenvalue weighted by atomic mass is 10.1. The van der Waals surface area contributed by atoms with E-state index >= 15 is 0 Å². The minimum Gasteiger partial charge on any atom is -0.480 e. The predicted molar refractivity (Wildman–Crippen MR) is 98.0 cm³/mol. The number of carbonyl (C=O) groups excluding carboxylic acids is 1. The Morgan fingerprint density at radius 2 is 1.83 bits per heavy atom. The van der Waals surface area contributed by atoms with Crippen LogP contribution in [-0.2, 0) is 11.0 Å². The van der Waals surface area contributed by atoms with Gasteiger partial charge in [0.2, 0.25) is 0 Å². The van der Waals surface area contributed by atoms with Crippen molar-refractivity contribution in [3.8, 4) is 0 Å². The highest BCUT2D eigenvalue weighted by Gasteiger charge is 2.31. The highest BCUT2D eigenvalue weighted by Crippen LogP contribution is 2.30. The molecule has 1 atom stereocenters. The Balaban J connectivity index is 2.23. The third-order valence-electron chi connectivity index (χ3n) is 4.29. The number of carboxylic acids is 1. The minimum absolute atomic E-state index is 0.00347. The summed E-state index contributed by atoms with van der Waals surface area (Å²) in [5, 5.41) is 9.49. The Kier molecular flexibility index (Phi) is 5.75. The molecule has 1 amide bonds. The average molecular weight is 444 g/mol. The predicted octanol–water partition coefficient (Wildman–Crippen LogP) is 4.78. The minimum atomic E-state index is -4.67. The first-order chi connectivity index (χ1) is 14.0. The summed E-state index contributed by atoms with van der Waals surface area (Å²) in [5.41, 5.74) is -1.41. The van der Waals surface area contributed by atoms with Gasteiger partial charge < -0.3 is 9.67 Å². The summed E-state index contributed by atoms with van der Waals surface area (Å²) >= 11 is 0.724. The molecule has 11 heteroatoms. The molecule has 0 aliphatic heterocycles. The molecule has 30 heavy (non-hydrogen) atoms. The Morgan fingerprint density at radius 1 is 1.17 bits per heavy atom. The van der Waals surface area contributed by atoms with Crippen LogP contribution >= 0.6 is 11.3 Å². The fraction of sp³-hybridized carbons (Fsp3) is 0.211. The van der Waals surface area contributed by atoms with E-state index in [0.717, 1.165) is 46.2 Å². The Morgan fingerprint density at radius 3 is 2.43 bits per heavy atom. The normalized spacial score (nSPS) is 13.6. The molecule has 0 saturated carbocycles. The molecule has 1 heterocycles. The van der Waals surface area contributed by atoms with Crippen molar-refractivity contribution in [1.82, 2.24) is 4.57 Å². The fourth-order valence-corrected chi connectivity index (χ4v) is 3.94. The monoisotopic (exact) mass is 444 g/mol. The quantitative estimate of drug-likeness (QED) is 0.589. The van der Waals surface area contributed by atoms with E-state index in [1.807, 2.05) is 0 Å². The zero-order valence-electron chi connectivity index (χ0n) is 15.2. The van der Waals surface area contributed by atoms with Crippen molar-refractivity contribution in [2.75, 3.05) is 0 Å². The number of aromatic nitrogens is 1. The van der Waals surface area contributed by atoms with E-state index in [1.54, 1.807) is 0 Å². The Bertz CT molecular complexity index is 1210. The lowest BCUT2D eigenvalue weighted by Crippen LogP contribution is -2.27. The molecule has 1 N–H and O–H groups in total. The van der Waals surface area contributed by atoms with E-state index in [2.05, 4.69) is 4.99 Å². The lowest BCUT2D eigenvalue weighted by Gasteiger charge is -2.13. The second kappa shape index (κ2) is 7.98. The first kappa shape index (κ1) is 21.6. The van der Waals surface area contributed by atoms with Gasteiger partial charge in [-0.2, -0.15) is 18.2 Å². The van der Waals surface area contributed by atoms with Gasteiger partial charge in [-0.15, -0.1) is 0 Å². The number of hydrogen-bond acceptors (Lipinski definition) is 3. The van der Waals surface area contributed by atoms with Gasteiger partial charge in [0, 0.05) is 11.6 Å². The summed E-state index contributed by atoms with van der Waals surface area (Å²) in [6.45, 7) is 1.54. The zero-order valence-corrected chi connectivity index (χ0v) is 16.0. The van der Waals surface area contributed by atoms with Crippen molar-refractivity contribution in [2.45, 2.75) is 25.6 Å². The van der Waals surface area contributed by atoms with Crippen LogP contribution in [-0.4, -0.2) is 21.6 Å². The number of thiazole rings is 1. The molecular weight excluding hydrogens is 431 g/mol. The van der Waals surface area contributed by atoms with Crippen LogP contribution in [0.5, 0.6) is 0 Å². The van der Waals surface area contributed by atoms with Gasteiger partial charge in [0.25, 0.3) is 5.91 Å². The van der Waals surface area contributed by atoms with Crippen LogP contribution in [0, 0.1) is 11.6 Å². The van der Waals surface area contributed by atoms with Gasteiger partial charge in [-0.3, -0.25) is 4.79 Å². The van der Waals surface area contributed by atoms with Crippen molar-refractivity contribution < 1.29 is 36.6 Å². The Hall–Kier alpha value is -3.08. The summed E-state index contributed by atoms with van der Waals surface area (Å²) in [6.07, 6.45) is -4.63. The van der Waals surface area contributed by atoms with Crippen LogP contribution in [0.3, 0.4) is 0 Å². The van der Waals surface area contributed by atoms with E-state index in [0.29, 0.717) is 6.07 Å². The summed E-state index contributed by atoms with van der Waals surface area (Å²) in [5.74, 6) is -4.74. The standard InChI is InChI=1S/C19H13F5N2O3S/c1-2-13(17(28)29)26-14-7-11(20)12(21)8-15(14)30-18(26)25-16(27)9-4-3-5-10(6-9)19(22,23)24/h3-8,13H,2H2,1H3,(H,28,29)/t13-/m1/s1. The van der Waals surface area contributed by atoms with E-state index in [4.69, 9.17) is 0 Å². The molecule has 2 aromatic carbocycles. The summed E-state index contributed by atoms with van der Waals surface area (Å²) < 4.78 is 67.3. The number of rotatable bonds is 4. The molecule has 5 nitrogen and oxygen atoms in total. The van der Waals surface area contributed by atoms with Crippen molar-refractivity contribution >= 4 is 33.4 Å². The summed E-state index contributed by atoms with van der Waals surface area (Å²) in [6, 6.07) is 3.97. The second-order valence-electron chi connectivity index (χ2n) is 6.25. The number of alkyl halides is 3. The van der Waals surface area contributed by atoms with Crippen molar-refractivity contribution in [2.24, 2.45) is 4.99 Å². The lowest BCUT2D eigenvalue weighted by molar-refractivity contribution is -0.141. The number of benzene rings is 2. The maximum atomic E-state index is 13.8. The second-order valence-corrected chi connectivity index (χ2v) is 7.26. The van der Waals surface area contributed by atoms with Crippen LogP contribution in [0.25, 0.3) is 10.2 Å².